The van der Waals surface area contributed by atoms with Crippen molar-refractivity contribution in [3.63, 3.8) is 0 Å². The van der Waals surface area contributed by atoms with E-state index < -0.39 is 16.2 Å². The van der Waals surface area contributed by atoms with E-state index in [4.69, 9.17) is 0 Å². The number of hydrogen-bond acceptors (Lipinski definition) is 1. The van der Waals surface area contributed by atoms with Crippen molar-refractivity contribution in [2.45, 2.75) is 74.0 Å². The van der Waals surface area contributed by atoms with Gasteiger partial charge in [-0.15, -0.1) is 0 Å². The van der Waals surface area contributed by atoms with Gasteiger partial charge in [-0.3, -0.25) is 0 Å². The van der Waals surface area contributed by atoms with E-state index in [0.717, 1.165) is 17.7 Å². The van der Waals surface area contributed by atoms with E-state index in [2.05, 4.69) is 229 Å². The quantitative estimate of drug-likeness (QED) is 0.109. The van der Waals surface area contributed by atoms with Crippen molar-refractivity contribution >= 4 is 11.8 Å². The molecule has 0 heterocycles. The van der Waals surface area contributed by atoms with Crippen LogP contribution < -0.4 is 0 Å². The van der Waals surface area contributed by atoms with Gasteiger partial charge in [-0.1, -0.05) is 208 Å². The molecule has 0 saturated carbocycles. The highest BCUT2D eigenvalue weighted by atomic mass is 32.2. The van der Waals surface area contributed by atoms with Gasteiger partial charge in [0, 0.05) is 21.1 Å². The summed E-state index contributed by atoms with van der Waals surface area (Å²) in [7, 11) is 0. The number of thioether (sulfide) groups is 1. The molecule has 3 aliphatic carbocycles. The largest absolute Gasteiger partial charge is 0.0951 e. The highest BCUT2D eigenvalue weighted by molar-refractivity contribution is 8.03. The Morgan fingerprint density at radius 1 is 0.533 bits per heavy atom. The molecule has 0 bridgehead atoms. The Morgan fingerprint density at radius 2 is 1.08 bits per heavy atom. The summed E-state index contributed by atoms with van der Waals surface area (Å²) in [5.41, 5.74) is 17.2. The summed E-state index contributed by atoms with van der Waals surface area (Å²) in [4.78, 5) is 2.34. The van der Waals surface area contributed by atoms with Crippen LogP contribution in [0.4, 0.5) is 0 Å². The summed E-state index contributed by atoms with van der Waals surface area (Å²) in [5, 5.41) is 0. The lowest BCUT2D eigenvalue weighted by atomic mass is 9.55. The van der Waals surface area contributed by atoms with E-state index in [9.17, 15) is 0 Å². The number of benzene rings is 7. The van der Waals surface area contributed by atoms with Gasteiger partial charge in [0.15, 0.2) is 0 Å². The summed E-state index contributed by atoms with van der Waals surface area (Å²) in [6, 6.07) is 64.7. The van der Waals surface area contributed by atoms with Gasteiger partial charge in [-0.05, 0) is 129 Å². The van der Waals surface area contributed by atoms with Crippen molar-refractivity contribution in [2.24, 2.45) is 0 Å². The minimum Gasteiger partial charge on any atom is -0.0951 e. The molecule has 1 heteroatoms. The minimum absolute atomic E-state index is 0.176. The maximum atomic E-state index is 4.34. The van der Waals surface area contributed by atoms with Gasteiger partial charge >= 0.3 is 0 Å². The van der Waals surface area contributed by atoms with Crippen LogP contribution >= 0.6 is 11.8 Å². The second-order valence-electron chi connectivity index (χ2n) is 17.9. The van der Waals surface area contributed by atoms with Crippen LogP contribution in [-0.2, 0) is 21.7 Å². The normalized spacial score (nSPS) is 16.5. The molecular formula is C59H52S. The third kappa shape index (κ3) is 5.45. The Bertz CT molecular complexity index is 2780. The van der Waals surface area contributed by atoms with Crippen molar-refractivity contribution < 1.29 is 0 Å². The summed E-state index contributed by atoms with van der Waals surface area (Å²) in [6.07, 6.45) is 9.33. The second-order valence-corrected chi connectivity index (χ2v) is 19.2. The van der Waals surface area contributed by atoms with Crippen molar-refractivity contribution in [1.82, 2.24) is 0 Å². The average molecular weight is 793 g/mol. The molecule has 0 radical (unpaired) electrons. The standard InChI is InChI=1S/C59H52S/c1-40(2)60-54-36-21-20-33-51(54)58(6,43-27-14-9-15-28-43)44-37-38-46-45(39-44)55-52(57(5,41-23-10-7-11-24-41)42-25-12-8-13-26-42)34-22-35-53(55)59(46)49-31-18-16-29-47(49)56(3,4)48-30-17-19-32-50(48)59/h7-8,10-14,16-39H,1,9,15H2,2-6H3. The summed E-state index contributed by atoms with van der Waals surface area (Å²) < 4.78 is 0. The Hall–Kier alpha value is -5.89. The number of hydrogen-bond donors (Lipinski definition) is 0. The average Bonchev–Trinajstić information content (AvgIpc) is 3.59. The molecule has 1 atom stereocenters. The van der Waals surface area contributed by atoms with Crippen LogP contribution in [0.1, 0.15) is 109 Å². The van der Waals surface area contributed by atoms with E-state index in [1.165, 1.54) is 82.8 Å². The van der Waals surface area contributed by atoms with Crippen molar-refractivity contribution in [3.8, 4) is 11.1 Å². The Morgan fingerprint density at radius 3 is 1.68 bits per heavy atom. The fourth-order valence-corrected chi connectivity index (χ4v) is 12.2. The molecule has 1 spiro atoms. The molecule has 0 N–H and O–H groups in total. The zero-order chi connectivity index (χ0) is 41.3. The fraction of sp³-hybridized carbons (Fsp3) is 0.186. The first-order chi connectivity index (χ1) is 29.1. The molecule has 0 amide bonds. The molecule has 0 saturated heterocycles. The number of rotatable bonds is 8. The molecule has 60 heavy (non-hydrogen) atoms. The predicted molar refractivity (Wildman–Crippen MR) is 254 cm³/mol. The van der Waals surface area contributed by atoms with Crippen LogP contribution in [0, 0.1) is 0 Å². The van der Waals surface area contributed by atoms with Gasteiger partial charge < -0.3 is 0 Å². The molecule has 294 valence electrons. The molecule has 7 aromatic rings. The summed E-state index contributed by atoms with van der Waals surface area (Å²) >= 11 is 1.78. The molecule has 0 aromatic heterocycles. The van der Waals surface area contributed by atoms with E-state index >= 15 is 0 Å². The van der Waals surface area contributed by atoms with Crippen LogP contribution in [0.2, 0.25) is 0 Å². The number of allylic oxidation sites excluding steroid dienone is 5. The topological polar surface area (TPSA) is 0 Å². The van der Waals surface area contributed by atoms with Crippen LogP contribution in [0.3, 0.4) is 0 Å². The highest BCUT2D eigenvalue weighted by Gasteiger charge is 2.55. The van der Waals surface area contributed by atoms with E-state index in [-0.39, 0.29) is 5.41 Å². The van der Waals surface area contributed by atoms with Gasteiger partial charge in [-0.2, -0.15) is 0 Å². The maximum Gasteiger partial charge on any atom is 0.0719 e. The molecular weight excluding hydrogens is 741 g/mol. The van der Waals surface area contributed by atoms with Crippen LogP contribution in [0.15, 0.2) is 210 Å². The molecule has 1 unspecified atom stereocenters. The molecule has 7 aromatic carbocycles. The van der Waals surface area contributed by atoms with Crippen molar-refractivity contribution in [2.75, 3.05) is 0 Å². The third-order valence-corrected chi connectivity index (χ3v) is 15.2. The Labute approximate surface area is 361 Å². The fourth-order valence-electron chi connectivity index (χ4n) is 11.3. The van der Waals surface area contributed by atoms with Gasteiger partial charge in [0.05, 0.1) is 5.41 Å². The van der Waals surface area contributed by atoms with Crippen LogP contribution in [0.5, 0.6) is 0 Å². The Kier molecular flexibility index (Phi) is 9.19. The number of fused-ring (bicyclic) bond motifs is 9. The van der Waals surface area contributed by atoms with Gasteiger partial charge in [0.2, 0.25) is 0 Å². The minimum atomic E-state index is -0.523. The maximum absolute atomic E-state index is 4.34. The van der Waals surface area contributed by atoms with E-state index in [1.807, 2.05) is 0 Å². The highest BCUT2D eigenvalue weighted by Crippen LogP contribution is 2.64. The van der Waals surface area contributed by atoms with Crippen molar-refractivity contribution in [1.29, 1.82) is 0 Å². The summed E-state index contributed by atoms with van der Waals surface area (Å²) in [5.74, 6) is 0. The first kappa shape index (κ1) is 38.3. The predicted octanol–water partition coefficient (Wildman–Crippen LogP) is 15.3. The lowest BCUT2D eigenvalue weighted by molar-refractivity contribution is 0.562. The lowest BCUT2D eigenvalue weighted by Crippen LogP contribution is -2.40. The van der Waals surface area contributed by atoms with Crippen LogP contribution in [0.25, 0.3) is 11.1 Å². The van der Waals surface area contributed by atoms with Crippen molar-refractivity contribution in [3.05, 3.63) is 266 Å². The lowest BCUT2D eigenvalue weighted by Gasteiger charge is -2.47. The molecule has 0 nitrogen and oxygen atoms in total. The van der Waals surface area contributed by atoms with E-state index in [0.29, 0.717) is 0 Å². The molecule has 3 aliphatic rings. The monoisotopic (exact) mass is 792 g/mol. The third-order valence-electron chi connectivity index (χ3n) is 14.3. The SMILES string of the molecule is C=C(C)Sc1ccccc1C(C)(C1=CCCC=C1)c1ccc2c(c1)-c1c(C(C)(c3ccccc3)c3ccccc3)cccc1C21c2ccccc2C(C)(C)c2ccccc21. The smallest absolute Gasteiger partial charge is 0.0719 e. The zero-order valence-corrected chi connectivity index (χ0v) is 36.2. The second kappa shape index (κ2) is 14.4. The van der Waals surface area contributed by atoms with Gasteiger partial charge in [-0.25, -0.2) is 0 Å². The van der Waals surface area contributed by atoms with Crippen LogP contribution in [-0.4, -0.2) is 0 Å². The molecule has 0 aliphatic heterocycles. The first-order valence-electron chi connectivity index (χ1n) is 21.5. The first-order valence-corrected chi connectivity index (χ1v) is 22.3. The molecule has 0 fully saturated rings. The van der Waals surface area contributed by atoms with Gasteiger partial charge in [0.25, 0.3) is 0 Å². The molecule has 10 rings (SSSR count). The van der Waals surface area contributed by atoms with Gasteiger partial charge in [0.1, 0.15) is 0 Å². The zero-order valence-electron chi connectivity index (χ0n) is 35.4. The van der Waals surface area contributed by atoms with E-state index in [1.54, 1.807) is 11.8 Å². The Balaban J connectivity index is 1.36. The summed E-state index contributed by atoms with van der Waals surface area (Å²) in [6.45, 7) is 16.2.